The van der Waals surface area contributed by atoms with Crippen molar-refractivity contribution in [3.05, 3.63) is 29.1 Å². The number of rotatable bonds is 4. The van der Waals surface area contributed by atoms with Crippen LogP contribution in [-0.4, -0.2) is 19.3 Å². The van der Waals surface area contributed by atoms with Gasteiger partial charge in [0.15, 0.2) is 4.34 Å². The lowest BCUT2D eigenvalue weighted by molar-refractivity contribution is 0.971. The van der Waals surface area contributed by atoms with Crippen LogP contribution in [0.4, 0.5) is 0 Å². The van der Waals surface area contributed by atoms with Crippen LogP contribution in [0.2, 0.25) is 5.15 Å². The van der Waals surface area contributed by atoms with Crippen molar-refractivity contribution >= 4 is 34.9 Å². The van der Waals surface area contributed by atoms with Gasteiger partial charge in [0.1, 0.15) is 11.0 Å². The molecule has 0 aliphatic rings. The Hall–Kier alpha value is -0.720. The smallest absolute Gasteiger partial charge is 0.170 e. The summed E-state index contributed by atoms with van der Waals surface area (Å²) in [5, 5.41) is 0.415. The molecule has 0 bridgehead atoms. The van der Waals surface area contributed by atoms with Gasteiger partial charge in [-0.05, 0) is 11.5 Å². The van der Waals surface area contributed by atoms with Crippen LogP contribution in [0, 0.1) is 0 Å². The molecule has 2 aromatic heterocycles. The number of aromatic nitrogens is 4. The Bertz CT molecular complexity index is 457. The first-order valence-corrected chi connectivity index (χ1v) is 6.83. The molecular weight excluding hydrogens is 264 g/mol. The molecule has 0 fully saturated rings. The molecule has 0 aliphatic heterocycles. The topological polar surface area (TPSA) is 51.6 Å². The van der Waals surface area contributed by atoms with Gasteiger partial charge in [0.05, 0.1) is 18.1 Å². The average molecular weight is 273 g/mol. The van der Waals surface area contributed by atoms with Crippen molar-refractivity contribution in [2.45, 2.75) is 23.4 Å². The fourth-order valence-electron chi connectivity index (χ4n) is 0.989. The van der Waals surface area contributed by atoms with Gasteiger partial charge < -0.3 is 0 Å². The third kappa shape index (κ3) is 3.13. The van der Waals surface area contributed by atoms with E-state index in [1.54, 1.807) is 24.2 Å². The van der Waals surface area contributed by atoms with E-state index in [1.807, 2.05) is 6.92 Å². The zero-order valence-corrected chi connectivity index (χ0v) is 10.9. The molecule has 16 heavy (non-hydrogen) atoms. The number of nitrogens with zero attached hydrogens (tertiary/aromatic N) is 4. The summed E-state index contributed by atoms with van der Waals surface area (Å²) in [6, 6.07) is 0. The third-order valence-corrected chi connectivity index (χ3v) is 3.88. The molecule has 0 aliphatic carbocycles. The second-order valence-electron chi connectivity index (χ2n) is 2.95. The minimum absolute atomic E-state index is 0.415. The van der Waals surface area contributed by atoms with Gasteiger partial charge in [-0.2, -0.15) is 4.37 Å². The van der Waals surface area contributed by atoms with Gasteiger partial charge in [-0.1, -0.05) is 30.3 Å². The minimum atomic E-state index is 0.415. The van der Waals surface area contributed by atoms with Crippen molar-refractivity contribution in [2.24, 2.45) is 0 Å². The van der Waals surface area contributed by atoms with E-state index in [0.717, 1.165) is 28.0 Å². The Morgan fingerprint density at radius 3 is 2.88 bits per heavy atom. The molecule has 4 nitrogen and oxygen atoms in total. The third-order valence-electron chi connectivity index (χ3n) is 1.78. The Morgan fingerprint density at radius 1 is 1.38 bits per heavy atom. The highest BCUT2D eigenvalue weighted by Gasteiger charge is 2.04. The Kier molecular flexibility index (Phi) is 4.09. The fraction of sp³-hybridized carbons (Fsp3) is 0.333. The van der Waals surface area contributed by atoms with E-state index < -0.39 is 0 Å². The summed E-state index contributed by atoms with van der Waals surface area (Å²) >= 11 is 8.69. The monoisotopic (exact) mass is 272 g/mol. The van der Waals surface area contributed by atoms with Crippen molar-refractivity contribution < 1.29 is 0 Å². The molecule has 7 heteroatoms. The van der Waals surface area contributed by atoms with Gasteiger partial charge in [0.2, 0.25) is 0 Å². The minimum Gasteiger partial charge on any atom is -0.256 e. The summed E-state index contributed by atoms with van der Waals surface area (Å²) in [6.07, 6.45) is 4.10. The molecule has 0 N–H and O–H groups in total. The highest BCUT2D eigenvalue weighted by Crippen LogP contribution is 2.23. The molecule has 0 radical (unpaired) electrons. The first-order chi connectivity index (χ1) is 7.78. The van der Waals surface area contributed by atoms with E-state index >= 15 is 0 Å². The molecule has 2 rings (SSSR count). The van der Waals surface area contributed by atoms with Gasteiger partial charge in [-0.25, -0.2) is 9.97 Å². The highest BCUT2D eigenvalue weighted by molar-refractivity contribution is 8.00. The summed E-state index contributed by atoms with van der Waals surface area (Å²) in [5.41, 5.74) is 0.891. The van der Waals surface area contributed by atoms with Crippen LogP contribution in [0.25, 0.3) is 0 Å². The van der Waals surface area contributed by atoms with E-state index in [1.165, 1.54) is 11.5 Å². The Labute approximate surface area is 107 Å². The predicted octanol–water partition coefficient (Wildman–Crippen LogP) is 2.84. The maximum atomic E-state index is 5.65. The zero-order chi connectivity index (χ0) is 11.4. The summed E-state index contributed by atoms with van der Waals surface area (Å²) < 4.78 is 5.18. The molecule has 0 saturated heterocycles. The van der Waals surface area contributed by atoms with Crippen LogP contribution < -0.4 is 0 Å². The van der Waals surface area contributed by atoms with Crippen LogP contribution in [0.1, 0.15) is 18.4 Å². The van der Waals surface area contributed by atoms with Crippen LogP contribution >= 0.6 is 34.9 Å². The van der Waals surface area contributed by atoms with Crippen molar-refractivity contribution in [3.63, 3.8) is 0 Å². The summed E-state index contributed by atoms with van der Waals surface area (Å²) in [7, 11) is 0. The normalized spacial score (nSPS) is 10.6. The quantitative estimate of drug-likeness (QED) is 0.801. The van der Waals surface area contributed by atoms with Crippen molar-refractivity contribution in [1.82, 2.24) is 19.3 Å². The van der Waals surface area contributed by atoms with Gasteiger partial charge in [-0.15, -0.1) is 0 Å². The predicted molar refractivity (Wildman–Crippen MR) is 65.9 cm³/mol. The molecule has 2 heterocycles. The zero-order valence-electron chi connectivity index (χ0n) is 8.55. The molecule has 84 valence electrons. The van der Waals surface area contributed by atoms with E-state index in [-0.39, 0.29) is 0 Å². The van der Waals surface area contributed by atoms with Gasteiger partial charge in [-0.3, -0.25) is 4.98 Å². The Morgan fingerprint density at radius 2 is 2.25 bits per heavy atom. The number of aryl methyl sites for hydroxylation is 1. The molecular formula is C9H9ClN4S2. The number of hydrogen-bond donors (Lipinski definition) is 0. The molecule has 0 atom stereocenters. The summed E-state index contributed by atoms with van der Waals surface area (Å²) in [6.45, 7) is 2.04. The largest absolute Gasteiger partial charge is 0.256 e. The van der Waals surface area contributed by atoms with Crippen LogP contribution in [-0.2, 0) is 12.2 Å². The number of thioether (sulfide) groups is 1. The van der Waals surface area contributed by atoms with E-state index in [4.69, 9.17) is 11.6 Å². The van der Waals surface area contributed by atoms with E-state index in [2.05, 4.69) is 19.3 Å². The lowest BCUT2D eigenvalue weighted by atomic mass is 10.5. The maximum Gasteiger partial charge on any atom is 0.170 e. The van der Waals surface area contributed by atoms with E-state index in [9.17, 15) is 0 Å². The van der Waals surface area contributed by atoms with Crippen LogP contribution in [0.15, 0.2) is 16.7 Å². The SMILES string of the molecule is CCc1nsc(SCc2cnc(Cl)cn2)n1. The lowest BCUT2D eigenvalue weighted by Gasteiger charge is -1.96. The van der Waals surface area contributed by atoms with E-state index in [0.29, 0.717) is 5.15 Å². The maximum absolute atomic E-state index is 5.65. The molecule has 0 unspecified atom stereocenters. The van der Waals surface area contributed by atoms with Crippen LogP contribution in [0.5, 0.6) is 0 Å². The second-order valence-corrected chi connectivity index (χ2v) is 5.31. The van der Waals surface area contributed by atoms with Crippen LogP contribution in [0.3, 0.4) is 0 Å². The molecule has 0 amide bonds. The lowest BCUT2D eigenvalue weighted by Crippen LogP contribution is -1.88. The van der Waals surface area contributed by atoms with Crippen molar-refractivity contribution in [3.8, 4) is 0 Å². The molecule has 0 aromatic carbocycles. The van der Waals surface area contributed by atoms with Gasteiger partial charge >= 0.3 is 0 Å². The first-order valence-electron chi connectivity index (χ1n) is 4.69. The Balaban J connectivity index is 1.94. The van der Waals surface area contributed by atoms with Gasteiger partial charge in [0.25, 0.3) is 0 Å². The molecule has 0 spiro atoms. The fourth-order valence-corrected chi connectivity index (χ4v) is 2.68. The first kappa shape index (κ1) is 11.8. The number of halogens is 1. The number of hydrogen-bond acceptors (Lipinski definition) is 6. The van der Waals surface area contributed by atoms with Crippen molar-refractivity contribution in [2.75, 3.05) is 0 Å². The second kappa shape index (κ2) is 5.56. The van der Waals surface area contributed by atoms with Gasteiger partial charge in [0, 0.05) is 12.2 Å². The van der Waals surface area contributed by atoms with Crippen molar-refractivity contribution in [1.29, 1.82) is 0 Å². The summed E-state index contributed by atoms with van der Waals surface area (Å²) in [5.74, 6) is 1.64. The summed E-state index contributed by atoms with van der Waals surface area (Å²) in [4.78, 5) is 12.5. The molecule has 2 aromatic rings. The standard InChI is InChI=1S/C9H9ClN4S2/c1-2-8-13-9(16-14-8)15-5-6-3-12-7(10)4-11-6/h3-4H,2,5H2,1H3. The highest BCUT2D eigenvalue weighted by atomic mass is 35.5. The molecule has 0 saturated carbocycles. The average Bonchev–Trinajstić information content (AvgIpc) is 2.76.